The van der Waals surface area contributed by atoms with E-state index in [2.05, 4.69) is 15.5 Å². The number of nitrogens with one attached hydrogen (secondary N) is 1. The largest absolute Gasteiger partial charge is 0.384 e. The molecule has 2 aromatic heterocycles. The lowest BCUT2D eigenvalue weighted by Crippen LogP contribution is -2.23. The fraction of sp³-hybridized carbons (Fsp3) is 0.250. The van der Waals surface area contributed by atoms with Crippen LogP contribution >= 0.6 is 0 Å². The Kier molecular flexibility index (Phi) is 3.27. The quantitative estimate of drug-likeness (QED) is 0.848. The topological polar surface area (TPSA) is 94.0 Å². The van der Waals surface area contributed by atoms with Gasteiger partial charge < -0.3 is 15.6 Å². The molecule has 2 heterocycles. The van der Waals surface area contributed by atoms with Gasteiger partial charge in [-0.15, -0.1) is 0 Å². The Balaban J connectivity index is 2.05. The van der Waals surface area contributed by atoms with Gasteiger partial charge in [0.15, 0.2) is 0 Å². The van der Waals surface area contributed by atoms with Crippen molar-refractivity contribution in [3.05, 3.63) is 40.9 Å². The molecule has 0 aliphatic carbocycles. The van der Waals surface area contributed by atoms with Crippen molar-refractivity contribution in [3.63, 3.8) is 0 Å². The Labute approximate surface area is 104 Å². The van der Waals surface area contributed by atoms with Crippen LogP contribution in [0, 0.1) is 13.8 Å². The molecule has 6 nitrogen and oxygen atoms in total. The van der Waals surface area contributed by atoms with Gasteiger partial charge in [0.05, 0.1) is 5.69 Å². The first kappa shape index (κ1) is 12.1. The van der Waals surface area contributed by atoms with E-state index < -0.39 is 0 Å². The number of pyridine rings is 1. The second-order valence-corrected chi connectivity index (χ2v) is 3.95. The van der Waals surface area contributed by atoms with Crippen LogP contribution in [0.25, 0.3) is 0 Å². The summed E-state index contributed by atoms with van der Waals surface area (Å²) in [6.45, 7) is 4.02. The molecule has 0 atom stereocenters. The molecule has 0 saturated heterocycles. The molecule has 0 aliphatic heterocycles. The maximum Gasteiger partial charge on any atom is 0.251 e. The first-order valence-electron chi connectivity index (χ1n) is 5.49. The average Bonchev–Trinajstić information content (AvgIpc) is 2.66. The van der Waals surface area contributed by atoms with Crippen molar-refractivity contribution in [2.75, 3.05) is 5.73 Å². The zero-order valence-corrected chi connectivity index (χ0v) is 10.2. The van der Waals surface area contributed by atoms with Crippen LogP contribution in [-0.2, 0) is 6.54 Å². The van der Waals surface area contributed by atoms with Crippen molar-refractivity contribution in [3.8, 4) is 0 Å². The second kappa shape index (κ2) is 4.87. The molecular formula is C12H14N4O2. The number of carbonyl (C=O) groups is 1. The van der Waals surface area contributed by atoms with Gasteiger partial charge in [-0.2, -0.15) is 0 Å². The van der Waals surface area contributed by atoms with Crippen LogP contribution in [0.15, 0.2) is 22.9 Å². The normalized spacial score (nSPS) is 10.3. The van der Waals surface area contributed by atoms with E-state index in [1.54, 1.807) is 6.07 Å². The molecule has 1 amide bonds. The summed E-state index contributed by atoms with van der Waals surface area (Å²) in [7, 11) is 0. The molecule has 0 aliphatic rings. The number of amides is 1. The Morgan fingerprint density at radius 2 is 2.28 bits per heavy atom. The fourth-order valence-electron chi connectivity index (χ4n) is 1.61. The molecule has 18 heavy (non-hydrogen) atoms. The van der Waals surface area contributed by atoms with Gasteiger partial charge in [0.2, 0.25) is 0 Å². The van der Waals surface area contributed by atoms with E-state index in [1.165, 1.54) is 12.3 Å². The maximum absolute atomic E-state index is 11.9. The number of hydrogen-bond acceptors (Lipinski definition) is 5. The number of nitrogens with zero attached hydrogens (tertiary/aromatic N) is 2. The molecule has 0 fully saturated rings. The zero-order chi connectivity index (χ0) is 13.1. The third kappa shape index (κ3) is 2.48. The Hall–Kier alpha value is -2.37. The molecule has 0 bridgehead atoms. The number of rotatable bonds is 3. The monoisotopic (exact) mass is 246 g/mol. The van der Waals surface area contributed by atoms with Crippen LogP contribution in [0.1, 0.15) is 27.4 Å². The predicted octanol–water partition coefficient (Wildman–Crippen LogP) is 1.20. The van der Waals surface area contributed by atoms with E-state index >= 15 is 0 Å². The summed E-state index contributed by atoms with van der Waals surface area (Å²) in [6.07, 6.45) is 1.50. The molecule has 0 radical (unpaired) electrons. The molecule has 3 N–H and O–H groups in total. The summed E-state index contributed by atoms with van der Waals surface area (Å²) in [4.78, 5) is 15.7. The average molecular weight is 246 g/mol. The van der Waals surface area contributed by atoms with Gasteiger partial charge in [0.25, 0.3) is 5.91 Å². The smallest absolute Gasteiger partial charge is 0.251 e. The molecule has 94 valence electrons. The van der Waals surface area contributed by atoms with Gasteiger partial charge in [-0.05, 0) is 26.0 Å². The van der Waals surface area contributed by atoms with E-state index in [1.807, 2.05) is 13.8 Å². The zero-order valence-electron chi connectivity index (χ0n) is 10.2. The molecule has 0 spiro atoms. The van der Waals surface area contributed by atoms with Crippen LogP contribution in [0.5, 0.6) is 0 Å². The summed E-state index contributed by atoms with van der Waals surface area (Å²) < 4.78 is 5.02. The first-order chi connectivity index (χ1) is 8.58. The first-order valence-corrected chi connectivity index (χ1v) is 5.49. The summed E-state index contributed by atoms with van der Waals surface area (Å²) in [5.41, 5.74) is 7.67. The number of anilines is 1. The number of nitrogen functional groups attached to an aromatic ring is 1. The molecule has 0 unspecified atom stereocenters. The van der Waals surface area contributed by atoms with E-state index in [0.717, 1.165) is 11.3 Å². The van der Waals surface area contributed by atoms with Crippen molar-refractivity contribution >= 4 is 11.7 Å². The number of nitrogens with two attached hydrogens (primary N) is 1. The molecule has 6 heteroatoms. The number of aromatic nitrogens is 2. The van der Waals surface area contributed by atoms with Crippen molar-refractivity contribution in [2.45, 2.75) is 20.4 Å². The Morgan fingerprint density at radius 1 is 1.50 bits per heavy atom. The standard InChI is InChI=1S/C12H14N4O2/c1-7-10(8(2)18-16-7)6-15-12(17)9-3-4-14-11(13)5-9/h3-5H,6H2,1-2H3,(H2,13,14)(H,15,17). The summed E-state index contributed by atoms with van der Waals surface area (Å²) in [6, 6.07) is 3.14. The molecular weight excluding hydrogens is 232 g/mol. The Morgan fingerprint density at radius 3 is 2.89 bits per heavy atom. The Bertz CT molecular complexity index is 558. The van der Waals surface area contributed by atoms with E-state index in [-0.39, 0.29) is 5.91 Å². The van der Waals surface area contributed by atoms with Crippen molar-refractivity contribution in [1.29, 1.82) is 0 Å². The SMILES string of the molecule is Cc1noc(C)c1CNC(=O)c1ccnc(N)c1. The highest BCUT2D eigenvalue weighted by molar-refractivity contribution is 5.94. The number of hydrogen-bond donors (Lipinski definition) is 2. The predicted molar refractivity (Wildman–Crippen MR) is 65.8 cm³/mol. The third-order valence-electron chi connectivity index (χ3n) is 2.65. The van der Waals surface area contributed by atoms with Gasteiger partial charge >= 0.3 is 0 Å². The lowest BCUT2D eigenvalue weighted by molar-refractivity contribution is 0.0950. The molecule has 0 saturated carbocycles. The lowest BCUT2D eigenvalue weighted by Gasteiger charge is -2.05. The van der Waals surface area contributed by atoms with E-state index in [4.69, 9.17) is 10.3 Å². The van der Waals surface area contributed by atoms with Crippen LogP contribution in [0.2, 0.25) is 0 Å². The highest BCUT2D eigenvalue weighted by atomic mass is 16.5. The lowest BCUT2D eigenvalue weighted by atomic mass is 10.2. The minimum atomic E-state index is -0.205. The van der Waals surface area contributed by atoms with Gasteiger partial charge in [0.1, 0.15) is 11.6 Å². The fourth-order valence-corrected chi connectivity index (χ4v) is 1.61. The third-order valence-corrected chi connectivity index (χ3v) is 2.65. The summed E-state index contributed by atoms with van der Waals surface area (Å²) in [5, 5.41) is 6.61. The highest BCUT2D eigenvalue weighted by Gasteiger charge is 2.11. The van der Waals surface area contributed by atoms with Crippen molar-refractivity contribution < 1.29 is 9.32 Å². The minimum Gasteiger partial charge on any atom is -0.384 e. The second-order valence-electron chi connectivity index (χ2n) is 3.95. The van der Waals surface area contributed by atoms with Crippen molar-refractivity contribution in [2.24, 2.45) is 0 Å². The minimum absolute atomic E-state index is 0.205. The van der Waals surface area contributed by atoms with Crippen molar-refractivity contribution in [1.82, 2.24) is 15.5 Å². The van der Waals surface area contributed by atoms with Gasteiger partial charge in [-0.3, -0.25) is 4.79 Å². The van der Waals surface area contributed by atoms with Crippen LogP contribution in [0.3, 0.4) is 0 Å². The summed E-state index contributed by atoms with van der Waals surface area (Å²) in [5.74, 6) is 0.825. The maximum atomic E-state index is 11.9. The summed E-state index contributed by atoms with van der Waals surface area (Å²) >= 11 is 0. The molecule has 2 aromatic rings. The number of aryl methyl sites for hydroxylation is 2. The highest BCUT2D eigenvalue weighted by Crippen LogP contribution is 2.12. The van der Waals surface area contributed by atoms with Gasteiger partial charge in [-0.1, -0.05) is 5.16 Å². The number of carbonyl (C=O) groups excluding carboxylic acids is 1. The van der Waals surface area contributed by atoms with Crippen LogP contribution in [0.4, 0.5) is 5.82 Å². The van der Waals surface area contributed by atoms with Crippen LogP contribution in [-0.4, -0.2) is 16.0 Å². The van der Waals surface area contributed by atoms with Gasteiger partial charge in [0, 0.05) is 23.9 Å². The van der Waals surface area contributed by atoms with Crippen LogP contribution < -0.4 is 11.1 Å². The van der Waals surface area contributed by atoms with E-state index in [0.29, 0.717) is 23.7 Å². The molecule has 0 aromatic carbocycles. The molecule has 2 rings (SSSR count). The van der Waals surface area contributed by atoms with E-state index in [9.17, 15) is 4.79 Å². The van der Waals surface area contributed by atoms with Gasteiger partial charge in [-0.25, -0.2) is 4.98 Å².